The summed E-state index contributed by atoms with van der Waals surface area (Å²) >= 11 is 0. The van der Waals surface area contributed by atoms with Gasteiger partial charge in [0.1, 0.15) is 11.9 Å². The Bertz CT molecular complexity index is 448. The number of hydrogen-bond acceptors (Lipinski definition) is 3. The molecule has 0 saturated carbocycles. The van der Waals surface area contributed by atoms with Crippen molar-refractivity contribution in [3.8, 4) is 0 Å². The van der Waals surface area contributed by atoms with Crippen molar-refractivity contribution in [2.24, 2.45) is 0 Å². The normalized spacial score (nSPS) is 18.3. The van der Waals surface area contributed by atoms with Crippen molar-refractivity contribution in [1.29, 1.82) is 0 Å². The molecule has 17 heavy (non-hydrogen) atoms. The first kappa shape index (κ1) is 11.9. The van der Waals surface area contributed by atoms with Gasteiger partial charge in [-0.2, -0.15) is 0 Å². The fourth-order valence-corrected chi connectivity index (χ4v) is 1.82. The molecule has 0 aromatic heterocycles. The van der Waals surface area contributed by atoms with Crippen LogP contribution in [0, 0.1) is 12.7 Å². The van der Waals surface area contributed by atoms with Gasteiger partial charge in [0.2, 0.25) is 5.91 Å². The highest BCUT2D eigenvalue weighted by Gasteiger charge is 2.25. The molecule has 1 aromatic carbocycles. The van der Waals surface area contributed by atoms with Crippen molar-refractivity contribution < 1.29 is 13.9 Å². The smallest absolute Gasteiger partial charge is 0.247 e. The lowest BCUT2D eigenvalue weighted by molar-refractivity contribution is -0.117. The second kappa shape index (κ2) is 4.71. The van der Waals surface area contributed by atoms with Crippen LogP contribution in [-0.4, -0.2) is 25.7 Å². The molecule has 1 aromatic rings. The third-order valence-electron chi connectivity index (χ3n) is 2.81. The van der Waals surface area contributed by atoms with Crippen molar-refractivity contribution in [2.75, 3.05) is 24.4 Å². The van der Waals surface area contributed by atoms with E-state index in [-0.39, 0.29) is 17.8 Å². The lowest BCUT2D eigenvalue weighted by Crippen LogP contribution is -2.39. The molecule has 2 rings (SSSR count). The molecule has 1 amide bonds. The maximum Gasteiger partial charge on any atom is 0.247 e. The predicted octanol–water partition coefficient (Wildman–Crippen LogP) is 1.90. The number of ether oxygens (including phenoxy) is 1. The minimum absolute atomic E-state index is 0.155. The van der Waals surface area contributed by atoms with Gasteiger partial charge in [-0.3, -0.25) is 4.79 Å². The van der Waals surface area contributed by atoms with Crippen molar-refractivity contribution >= 4 is 17.3 Å². The number of methoxy groups -OCH3 is 1. The summed E-state index contributed by atoms with van der Waals surface area (Å²) in [5.41, 5.74) is 1.80. The number of halogens is 1. The van der Waals surface area contributed by atoms with Crippen LogP contribution in [0.25, 0.3) is 0 Å². The van der Waals surface area contributed by atoms with Gasteiger partial charge in [-0.05, 0) is 31.0 Å². The first-order chi connectivity index (χ1) is 8.11. The monoisotopic (exact) mass is 238 g/mol. The Labute approximate surface area is 99.2 Å². The van der Waals surface area contributed by atoms with E-state index in [1.165, 1.54) is 6.07 Å². The summed E-state index contributed by atoms with van der Waals surface area (Å²) < 4.78 is 18.3. The van der Waals surface area contributed by atoms with E-state index in [1.807, 2.05) is 0 Å². The van der Waals surface area contributed by atoms with E-state index < -0.39 is 0 Å². The lowest BCUT2D eigenvalue weighted by Gasteiger charge is -2.27. The molecule has 0 bridgehead atoms. The first-order valence-electron chi connectivity index (χ1n) is 5.48. The van der Waals surface area contributed by atoms with E-state index in [2.05, 4.69) is 10.6 Å². The molecular formula is C12H15FN2O2. The summed E-state index contributed by atoms with van der Waals surface area (Å²) in [7, 11) is 1.59. The first-order valence-corrected chi connectivity index (χ1v) is 5.48. The third kappa shape index (κ3) is 2.39. The number of benzene rings is 1. The molecule has 4 nitrogen and oxygen atoms in total. The molecule has 1 atom stereocenters. The van der Waals surface area contributed by atoms with Crippen LogP contribution in [-0.2, 0) is 9.53 Å². The number of aryl methyl sites for hydroxylation is 1. The Morgan fingerprint density at radius 3 is 2.88 bits per heavy atom. The number of nitrogens with one attached hydrogen (secondary N) is 2. The maximum atomic E-state index is 13.3. The Morgan fingerprint density at radius 2 is 2.18 bits per heavy atom. The van der Waals surface area contributed by atoms with Gasteiger partial charge in [-0.15, -0.1) is 0 Å². The van der Waals surface area contributed by atoms with Gasteiger partial charge < -0.3 is 15.4 Å². The van der Waals surface area contributed by atoms with Crippen LogP contribution in [0.5, 0.6) is 0 Å². The number of rotatable bonds is 3. The van der Waals surface area contributed by atoms with E-state index in [4.69, 9.17) is 4.74 Å². The van der Waals surface area contributed by atoms with Crippen molar-refractivity contribution in [3.05, 3.63) is 23.5 Å². The molecule has 0 aliphatic carbocycles. The standard InChI is InChI=1S/C12H15FN2O2/c1-7-5-10-11(6-8(7)13)15-12(16)9(14-10)3-4-17-2/h5-6,9,14H,3-4H2,1-2H3,(H,15,16). The van der Waals surface area contributed by atoms with E-state index in [1.54, 1.807) is 20.1 Å². The van der Waals surface area contributed by atoms with Gasteiger partial charge in [0.25, 0.3) is 0 Å². The van der Waals surface area contributed by atoms with Crippen LogP contribution in [0.2, 0.25) is 0 Å². The fourth-order valence-electron chi connectivity index (χ4n) is 1.82. The van der Waals surface area contributed by atoms with E-state index in [0.717, 1.165) is 5.69 Å². The van der Waals surface area contributed by atoms with Crippen LogP contribution in [0.4, 0.5) is 15.8 Å². The average molecular weight is 238 g/mol. The average Bonchev–Trinajstić information content (AvgIpc) is 2.29. The summed E-state index contributed by atoms with van der Waals surface area (Å²) in [6.07, 6.45) is 0.582. The van der Waals surface area contributed by atoms with Crippen molar-refractivity contribution in [1.82, 2.24) is 0 Å². The Hall–Kier alpha value is -1.62. The number of carbonyl (C=O) groups is 1. The second-order valence-electron chi connectivity index (χ2n) is 4.11. The summed E-state index contributed by atoms with van der Waals surface area (Å²) in [5, 5.41) is 5.78. The van der Waals surface area contributed by atoms with Crippen molar-refractivity contribution in [3.63, 3.8) is 0 Å². The van der Waals surface area contributed by atoms with Gasteiger partial charge >= 0.3 is 0 Å². The maximum absolute atomic E-state index is 13.3. The van der Waals surface area contributed by atoms with E-state index in [9.17, 15) is 9.18 Å². The summed E-state index contributed by atoms with van der Waals surface area (Å²) in [4.78, 5) is 11.7. The predicted molar refractivity (Wildman–Crippen MR) is 63.7 cm³/mol. The topological polar surface area (TPSA) is 50.4 Å². The highest BCUT2D eigenvalue weighted by molar-refractivity contribution is 6.03. The van der Waals surface area contributed by atoms with Crippen LogP contribution < -0.4 is 10.6 Å². The molecule has 5 heteroatoms. The fraction of sp³-hybridized carbons (Fsp3) is 0.417. The van der Waals surface area contributed by atoms with E-state index >= 15 is 0 Å². The highest BCUT2D eigenvalue weighted by atomic mass is 19.1. The van der Waals surface area contributed by atoms with Crippen LogP contribution in [0.15, 0.2) is 12.1 Å². The Kier molecular flexibility index (Phi) is 3.28. The number of fused-ring (bicyclic) bond motifs is 1. The minimum Gasteiger partial charge on any atom is -0.385 e. The van der Waals surface area contributed by atoms with Gasteiger partial charge in [-0.1, -0.05) is 0 Å². The third-order valence-corrected chi connectivity index (χ3v) is 2.81. The number of anilines is 2. The number of hydrogen-bond donors (Lipinski definition) is 2. The largest absolute Gasteiger partial charge is 0.385 e. The molecule has 0 fully saturated rings. The zero-order valence-electron chi connectivity index (χ0n) is 9.84. The van der Waals surface area contributed by atoms with Crippen LogP contribution >= 0.6 is 0 Å². The molecular weight excluding hydrogens is 223 g/mol. The molecule has 92 valence electrons. The molecule has 0 radical (unpaired) electrons. The molecule has 0 saturated heterocycles. The van der Waals surface area contributed by atoms with Gasteiger partial charge in [0.15, 0.2) is 0 Å². The Balaban J connectivity index is 2.22. The van der Waals surface area contributed by atoms with E-state index in [0.29, 0.717) is 24.3 Å². The molecule has 0 spiro atoms. The summed E-state index contributed by atoms with van der Waals surface area (Å²) in [6, 6.07) is 2.71. The van der Waals surface area contributed by atoms with Crippen LogP contribution in [0.3, 0.4) is 0 Å². The molecule has 1 aliphatic heterocycles. The zero-order chi connectivity index (χ0) is 12.4. The van der Waals surface area contributed by atoms with Crippen molar-refractivity contribution in [2.45, 2.75) is 19.4 Å². The van der Waals surface area contributed by atoms with Gasteiger partial charge in [-0.25, -0.2) is 4.39 Å². The SMILES string of the molecule is COCCC1Nc2cc(C)c(F)cc2NC1=O. The second-order valence-corrected chi connectivity index (χ2v) is 4.11. The van der Waals surface area contributed by atoms with Crippen LogP contribution in [0.1, 0.15) is 12.0 Å². The zero-order valence-corrected chi connectivity index (χ0v) is 9.84. The number of carbonyl (C=O) groups excluding carboxylic acids is 1. The van der Waals surface area contributed by atoms with Gasteiger partial charge in [0.05, 0.1) is 11.4 Å². The lowest BCUT2D eigenvalue weighted by atomic mass is 10.1. The molecule has 1 heterocycles. The molecule has 2 N–H and O–H groups in total. The Morgan fingerprint density at radius 1 is 1.41 bits per heavy atom. The quantitative estimate of drug-likeness (QED) is 0.845. The van der Waals surface area contributed by atoms with Gasteiger partial charge in [0, 0.05) is 13.7 Å². The molecule has 1 aliphatic rings. The minimum atomic E-state index is -0.327. The number of amides is 1. The summed E-state index contributed by atoms with van der Waals surface area (Å²) in [5.74, 6) is -0.473. The summed E-state index contributed by atoms with van der Waals surface area (Å²) in [6.45, 7) is 2.19. The molecule has 1 unspecified atom stereocenters. The highest BCUT2D eigenvalue weighted by Crippen LogP contribution is 2.29.